The molecule has 0 aromatic carbocycles. The number of aromatic nitrogens is 4. The van der Waals surface area contributed by atoms with E-state index >= 15 is 0 Å². The lowest BCUT2D eigenvalue weighted by Gasteiger charge is -2.25. The molecule has 0 atom stereocenters. The summed E-state index contributed by atoms with van der Waals surface area (Å²) in [5.41, 5.74) is 7.27. The first-order chi connectivity index (χ1) is 10.0. The van der Waals surface area contributed by atoms with Crippen LogP contribution in [0.25, 0.3) is 11.5 Å². The van der Waals surface area contributed by atoms with E-state index in [2.05, 4.69) is 15.1 Å². The first kappa shape index (κ1) is 13.7. The highest BCUT2D eigenvalue weighted by Crippen LogP contribution is 2.22. The molecule has 0 saturated heterocycles. The van der Waals surface area contributed by atoms with E-state index in [1.54, 1.807) is 11.0 Å². The molecule has 7 nitrogen and oxygen atoms in total. The van der Waals surface area contributed by atoms with Gasteiger partial charge in [0, 0.05) is 25.7 Å². The van der Waals surface area contributed by atoms with Crippen LogP contribution in [0.1, 0.15) is 11.4 Å². The number of rotatable bonds is 3. The smallest absolute Gasteiger partial charge is 0.339 e. The summed E-state index contributed by atoms with van der Waals surface area (Å²) >= 11 is 0. The Morgan fingerprint density at radius 3 is 3.00 bits per heavy atom. The van der Waals surface area contributed by atoms with E-state index in [0.717, 1.165) is 16.1 Å². The fourth-order valence-electron chi connectivity index (χ4n) is 2.40. The molecule has 1 aliphatic rings. The minimum Gasteiger partial charge on any atom is -0.350 e. The second-order valence-corrected chi connectivity index (χ2v) is 4.87. The second kappa shape index (κ2) is 5.24. The van der Waals surface area contributed by atoms with Crippen molar-refractivity contribution in [3.05, 3.63) is 23.7 Å². The van der Waals surface area contributed by atoms with Crippen LogP contribution in [-0.4, -0.2) is 50.2 Å². The van der Waals surface area contributed by atoms with Crippen LogP contribution in [0, 0.1) is 0 Å². The summed E-state index contributed by atoms with van der Waals surface area (Å²) in [5.74, 6) is 0.513. The van der Waals surface area contributed by atoms with Gasteiger partial charge in [0.25, 0.3) is 6.43 Å². The number of alkyl halides is 2. The number of aromatic amines is 1. The van der Waals surface area contributed by atoms with Crippen molar-refractivity contribution in [2.75, 3.05) is 13.1 Å². The molecule has 0 spiro atoms. The molecule has 9 heteroatoms. The number of carbonyl (C=O) groups excluding carboxylic acids is 1. The maximum absolute atomic E-state index is 12.4. The van der Waals surface area contributed by atoms with Crippen molar-refractivity contribution in [2.45, 2.75) is 19.4 Å². The van der Waals surface area contributed by atoms with Crippen LogP contribution in [0.15, 0.2) is 12.3 Å². The Hall–Kier alpha value is -2.29. The lowest BCUT2D eigenvalue weighted by Crippen LogP contribution is -2.34. The van der Waals surface area contributed by atoms with Crippen LogP contribution in [0.5, 0.6) is 0 Å². The number of primary amides is 1. The molecule has 0 aliphatic carbocycles. The Morgan fingerprint density at radius 2 is 2.33 bits per heavy atom. The molecule has 3 heterocycles. The summed E-state index contributed by atoms with van der Waals surface area (Å²) in [6, 6.07) is 0.937. The van der Waals surface area contributed by atoms with E-state index in [-0.39, 0.29) is 6.54 Å². The van der Waals surface area contributed by atoms with Crippen LogP contribution in [0.3, 0.4) is 0 Å². The highest BCUT2D eigenvalue weighted by Gasteiger charge is 2.23. The number of carbonyl (C=O) groups is 1. The first-order valence-electron chi connectivity index (χ1n) is 6.47. The van der Waals surface area contributed by atoms with E-state index in [0.29, 0.717) is 31.0 Å². The fraction of sp³-hybridized carbons (Fsp3) is 0.417. The minimum atomic E-state index is -2.35. The van der Waals surface area contributed by atoms with Gasteiger partial charge in [-0.05, 0) is 6.07 Å². The quantitative estimate of drug-likeness (QED) is 0.877. The minimum absolute atomic E-state index is 0.246. The third-order valence-corrected chi connectivity index (χ3v) is 3.36. The van der Waals surface area contributed by atoms with Gasteiger partial charge >= 0.3 is 6.03 Å². The molecular weight excluding hydrogens is 282 g/mol. The zero-order valence-corrected chi connectivity index (χ0v) is 11.1. The average Bonchev–Trinajstić information content (AvgIpc) is 3.03. The molecule has 3 N–H and O–H groups in total. The Labute approximate surface area is 118 Å². The van der Waals surface area contributed by atoms with Gasteiger partial charge in [0.1, 0.15) is 5.69 Å². The van der Waals surface area contributed by atoms with Crippen molar-refractivity contribution in [1.29, 1.82) is 0 Å². The van der Waals surface area contributed by atoms with E-state index in [9.17, 15) is 13.6 Å². The molecule has 0 fully saturated rings. The molecule has 112 valence electrons. The summed E-state index contributed by atoms with van der Waals surface area (Å²) in [7, 11) is 0. The number of hydrogen-bond acceptors (Lipinski definition) is 4. The third kappa shape index (κ3) is 2.77. The molecular formula is C12H14F2N6O. The van der Waals surface area contributed by atoms with Crippen molar-refractivity contribution in [3.63, 3.8) is 0 Å². The van der Waals surface area contributed by atoms with Crippen molar-refractivity contribution >= 4 is 6.03 Å². The number of fused-ring (bicyclic) bond motifs is 1. The zero-order chi connectivity index (χ0) is 15.0. The topological polar surface area (TPSA) is 92.8 Å². The Bertz CT molecular complexity index is 665. The molecule has 0 saturated carbocycles. The maximum atomic E-state index is 12.4. The van der Waals surface area contributed by atoms with Gasteiger partial charge in [-0.25, -0.2) is 18.6 Å². The third-order valence-electron chi connectivity index (χ3n) is 3.36. The monoisotopic (exact) mass is 296 g/mol. The van der Waals surface area contributed by atoms with Crippen LogP contribution in [-0.2, 0) is 13.0 Å². The predicted molar refractivity (Wildman–Crippen MR) is 69.8 cm³/mol. The maximum Gasteiger partial charge on any atom is 0.339 e. The van der Waals surface area contributed by atoms with Crippen LogP contribution in [0.2, 0.25) is 0 Å². The highest BCUT2D eigenvalue weighted by molar-refractivity contribution is 5.74. The van der Waals surface area contributed by atoms with Gasteiger partial charge in [0.2, 0.25) is 0 Å². The van der Waals surface area contributed by atoms with E-state index in [4.69, 9.17) is 5.73 Å². The van der Waals surface area contributed by atoms with Gasteiger partial charge in [-0.2, -0.15) is 9.78 Å². The van der Waals surface area contributed by atoms with Crippen molar-refractivity contribution in [2.24, 2.45) is 5.73 Å². The lowest BCUT2D eigenvalue weighted by atomic mass is 10.1. The van der Waals surface area contributed by atoms with Gasteiger partial charge in [-0.15, -0.1) is 0 Å². The predicted octanol–water partition coefficient (Wildman–Crippen LogP) is 0.823. The van der Waals surface area contributed by atoms with Gasteiger partial charge in [-0.1, -0.05) is 0 Å². The largest absolute Gasteiger partial charge is 0.350 e. The van der Waals surface area contributed by atoms with Gasteiger partial charge in [0.15, 0.2) is 5.82 Å². The summed E-state index contributed by atoms with van der Waals surface area (Å²) < 4.78 is 25.9. The van der Waals surface area contributed by atoms with Crippen LogP contribution < -0.4 is 5.73 Å². The number of amides is 1. The number of imidazole rings is 1. The summed E-state index contributed by atoms with van der Waals surface area (Å²) in [5, 5.41) is 4.01. The average molecular weight is 296 g/mol. The Morgan fingerprint density at radius 1 is 1.52 bits per heavy atom. The summed E-state index contributed by atoms with van der Waals surface area (Å²) in [6.07, 6.45) is -0.294. The van der Waals surface area contributed by atoms with Crippen molar-refractivity contribution in [1.82, 2.24) is 24.6 Å². The standard InChI is InChI=1S/C12H14F2N6O/c13-10(14)6-19-3-1-7-9(5-19)17-11(16-7)8-2-4-20(18-8)12(15)21/h2,4,10H,1,3,5-6H2,(H2,15,21)(H,16,17). The van der Waals surface area contributed by atoms with Crippen molar-refractivity contribution in [3.8, 4) is 11.5 Å². The highest BCUT2D eigenvalue weighted by atomic mass is 19.3. The molecule has 3 rings (SSSR count). The van der Waals surface area contributed by atoms with Gasteiger partial charge in [0.05, 0.1) is 17.9 Å². The summed E-state index contributed by atoms with van der Waals surface area (Å²) in [6.45, 7) is 0.713. The number of halogens is 2. The molecule has 2 aromatic heterocycles. The number of nitrogens with one attached hydrogen (secondary N) is 1. The molecule has 0 unspecified atom stereocenters. The molecule has 21 heavy (non-hydrogen) atoms. The molecule has 0 bridgehead atoms. The first-order valence-corrected chi connectivity index (χ1v) is 6.47. The van der Waals surface area contributed by atoms with Crippen molar-refractivity contribution < 1.29 is 13.6 Å². The molecule has 1 aliphatic heterocycles. The fourth-order valence-corrected chi connectivity index (χ4v) is 2.40. The molecule has 1 amide bonds. The second-order valence-electron chi connectivity index (χ2n) is 4.87. The molecule has 0 radical (unpaired) electrons. The number of hydrogen-bond donors (Lipinski definition) is 2. The van der Waals surface area contributed by atoms with Crippen LogP contribution >= 0.6 is 0 Å². The summed E-state index contributed by atoms with van der Waals surface area (Å²) in [4.78, 5) is 20.2. The van der Waals surface area contributed by atoms with Crippen LogP contribution in [0.4, 0.5) is 13.6 Å². The number of H-pyrrole nitrogens is 1. The van der Waals surface area contributed by atoms with Gasteiger partial charge < -0.3 is 10.7 Å². The van der Waals surface area contributed by atoms with E-state index in [1.165, 1.54) is 6.20 Å². The Kier molecular flexibility index (Phi) is 3.42. The SMILES string of the molecule is NC(=O)n1ccc(-c2nc3c([nH]2)CN(CC(F)F)CC3)n1. The van der Waals surface area contributed by atoms with Gasteiger partial charge in [-0.3, -0.25) is 4.90 Å². The Balaban J connectivity index is 1.81. The lowest BCUT2D eigenvalue weighted by molar-refractivity contribution is 0.0812. The number of nitrogens with zero attached hydrogens (tertiary/aromatic N) is 4. The normalized spacial score (nSPS) is 15.4. The molecule has 2 aromatic rings. The zero-order valence-electron chi connectivity index (χ0n) is 11.1. The van der Waals surface area contributed by atoms with E-state index in [1.807, 2.05) is 0 Å². The number of nitrogens with two attached hydrogens (primary N) is 1. The van der Waals surface area contributed by atoms with E-state index < -0.39 is 12.5 Å².